The molecule has 1 N–H and O–H groups in total. The summed E-state index contributed by atoms with van der Waals surface area (Å²) in [6.07, 6.45) is 1.32. The lowest BCUT2D eigenvalue weighted by molar-refractivity contribution is -0.590. The maximum Gasteiger partial charge on any atom is 0.304 e. The Kier molecular flexibility index (Phi) is 2.65. The van der Waals surface area contributed by atoms with Crippen LogP contribution in [0.5, 0.6) is 0 Å². The number of rotatable bonds is 1. The lowest BCUT2D eigenvalue weighted by Gasteiger charge is -2.06. The van der Waals surface area contributed by atoms with Crippen LogP contribution in [-0.2, 0) is 4.79 Å². The molecule has 4 nitrogen and oxygen atoms in total. The van der Waals surface area contributed by atoms with Crippen LogP contribution < -0.4 is 10.0 Å². The topological polar surface area (TPSA) is 56.0 Å². The minimum absolute atomic E-state index is 0.228. The predicted octanol–water partition coefficient (Wildman–Crippen LogP) is 1.04. The first-order valence-electron chi connectivity index (χ1n) is 3.26. The molecule has 0 radical (unpaired) electrons. The van der Waals surface area contributed by atoms with E-state index in [9.17, 15) is 10.0 Å². The van der Waals surface area contributed by atoms with Crippen LogP contribution in [0, 0.1) is 5.21 Å². The lowest BCUT2D eigenvalue weighted by atomic mass is 10.4. The molecule has 0 aromatic carbocycles. The maximum absolute atomic E-state index is 11.0. The van der Waals surface area contributed by atoms with Crippen molar-refractivity contribution in [1.29, 1.82) is 0 Å². The average molecular weight is 231 g/mol. The smallest absolute Gasteiger partial charge is 0.304 e. The second kappa shape index (κ2) is 3.53. The first-order chi connectivity index (χ1) is 5.59. The van der Waals surface area contributed by atoms with Gasteiger partial charge in [-0.25, -0.2) is 14.8 Å². The molecule has 0 aliphatic carbocycles. The second-order valence-corrected chi connectivity index (χ2v) is 3.16. The molecule has 0 saturated carbocycles. The largest absolute Gasteiger partial charge is 0.711 e. The fourth-order valence-corrected chi connectivity index (χ4v) is 1.05. The molecular weight excluding hydrogens is 224 g/mol. The molecule has 0 aliphatic rings. The van der Waals surface area contributed by atoms with E-state index in [1.54, 1.807) is 6.07 Å². The standard InChI is InChI=1S/C7H7BrN2O2/c1-5(11)9-7-3-2-6(8)4-10(7)12/h2-4H,1H3,(H,9,11). The molecule has 1 heterocycles. The molecule has 1 rings (SSSR count). The van der Waals surface area contributed by atoms with Gasteiger partial charge in [0, 0.05) is 13.0 Å². The van der Waals surface area contributed by atoms with Crippen LogP contribution in [0.2, 0.25) is 0 Å². The van der Waals surface area contributed by atoms with Gasteiger partial charge in [-0.05, 0) is 22.0 Å². The molecule has 12 heavy (non-hydrogen) atoms. The Morgan fingerprint density at radius 2 is 2.33 bits per heavy atom. The van der Waals surface area contributed by atoms with Gasteiger partial charge in [0.05, 0.1) is 4.47 Å². The van der Waals surface area contributed by atoms with Gasteiger partial charge in [-0.15, -0.1) is 0 Å². The summed E-state index contributed by atoms with van der Waals surface area (Å²) < 4.78 is 1.26. The van der Waals surface area contributed by atoms with Crippen LogP contribution in [0.4, 0.5) is 5.82 Å². The summed E-state index contributed by atoms with van der Waals surface area (Å²) in [5.74, 6) is -0.0346. The molecule has 5 heteroatoms. The van der Waals surface area contributed by atoms with E-state index >= 15 is 0 Å². The quantitative estimate of drug-likeness (QED) is 0.579. The van der Waals surface area contributed by atoms with Gasteiger partial charge in [0.2, 0.25) is 0 Å². The Bertz CT molecular complexity index is 314. The van der Waals surface area contributed by atoms with E-state index in [0.717, 1.165) is 0 Å². The first-order valence-corrected chi connectivity index (χ1v) is 4.05. The average Bonchev–Trinajstić information content (AvgIpc) is 1.94. The van der Waals surface area contributed by atoms with Crippen molar-refractivity contribution in [2.75, 3.05) is 5.32 Å². The zero-order chi connectivity index (χ0) is 9.14. The molecule has 0 aliphatic heterocycles. The number of hydrogen-bond donors (Lipinski definition) is 1. The van der Waals surface area contributed by atoms with E-state index in [4.69, 9.17) is 0 Å². The van der Waals surface area contributed by atoms with Gasteiger partial charge in [0.25, 0.3) is 5.82 Å². The fourth-order valence-electron chi connectivity index (χ4n) is 0.734. The Balaban J connectivity index is 2.93. The SMILES string of the molecule is CC(=O)Nc1ccc(Br)c[n+]1[O-]. The molecular formula is C7H7BrN2O2. The van der Waals surface area contributed by atoms with Crippen LogP contribution in [-0.4, -0.2) is 5.91 Å². The summed E-state index contributed by atoms with van der Waals surface area (Å²) >= 11 is 3.13. The van der Waals surface area contributed by atoms with Crippen LogP contribution >= 0.6 is 15.9 Å². The number of carbonyl (C=O) groups excluding carboxylic acids is 1. The minimum atomic E-state index is -0.262. The summed E-state index contributed by atoms with van der Waals surface area (Å²) in [6, 6.07) is 3.21. The van der Waals surface area contributed by atoms with E-state index in [1.165, 1.54) is 19.2 Å². The number of anilines is 1. The molecule has 0 saturated heterocycles. The highest BCUT2D eigenvalue weighted by Crippen LogP contribution is 2.08. The van der Waals surface area contributed by atoms with Gasteiger partial charge in [0.15, 0.2) is 0 Å². The van der Waals surface area contributed by atoms with Crippen molar-refractivity contribution in [1.82, 2.24) is 0 Å². The van der Waals surface area contributed by atoms with Crippen LogP contribution in [0.3, 0.4) is 0 Å². The second-order valence-electron chi connectivity index (χ2n) is 2.24. The molecule has 0 fully saturated rings. The summed E-state index contributed by atoms with van der Waals surface area (Å²) in [5, 5.41) is 13.4. The fraction of sp³-hybridized carbons (Fsp3) is 0.143. The van der Waals surface area contributed by atoms with Crippen molar-refractivity contribution in [3.8, 4) is 0 Å². The maximum atomic E-state index is 11.0. The zero-order valence-electron chi connectivity index (χ0n) is 6.37. The third-order valence-corrected chi connectivity index (χ3v) is 1.65. The molecule has 1 aromatic heterocycles. The molecule has 0 unspecified atom stereocenters. The number of amides is 1. The van der Waals surface area contributed by atoms with Gasteiger partial charge >= 0.3 is 5.91 Å². The number of nitrogens with zero attached hydrogens (tertiary/aromatic N) is 1. The van der Waals surface area contributed by atoms with Gasteiger partial charge in [-0.1, -0.05) is 0 Å². The van der Waals surface area contributed by atoms with Crippen LogP contribution in [0.25, 0.3) is 0 Å². The number of pyridine rings is 1. The van der Waals surface area contributed by atoms with Crippen molar-refractivity contribution in [3.05, 3.63) is 28.0 Å². The summed E-state index contributed by atoms with van der Waals surface area (Å²) in [7, 11) is 0. The summed E-state index contributed by atoms with van der Waals surface area (Å²) in [5.41, 5.74) is 0. The number of halogens is 1. The van der Waals surface area contributed by atoms with E-state index in [2.05, 4.69) is 21.2 Å². The van der Waals surface area contributed by atoms with Crippen LogP contribution in [0.15, 0.2) is 22.8 Å². The monoisotopic (exact) mass is 230 g/mol. The highest BCUT2D eigenvalue weighted by atomic mass is 79.9. The lowest BCUT2D eigenvalue weighted by Crippen LogP contribution is -2.31. The number of nitrogens with one attached hydrogen (secondary N) is 1. The van der Waals surface area contributed by atoms with E-state index in [1.807, 2.05) is 0 Å². The number of carbonyl (C=O) groups is 1. The first kappa shape index (κ1) is 8.99. The Hall–Kier alpha value is -1.10. The Morgan fingerprint density at radius 3 is 2.83 bits per heavy atom. The van der Waals surface area contributed by atoms with Gasteiger partial charge < -0.3 is 5.21 Å². The highest BCUT2D eigenvalue weighted by Gasteiger charge is 2.05. The van der Waals surface area contributed by atoms with Crippen molar-refractivity contribution in [2.45, 2.75) is 6.92 Å². The summed E-state index contributed by atoms with van der Waals surface area (Å²) in [4.78, 5) is 10.6. The highest BCUT2D eigenvalue weighted by molar-refractivity contribution is 9.10. The van der Waals surface area contributed by atoms with E-state index in [0.29, 0.717) is 9.20 Å². The third-order valence-electron chi connectivity index (χ3n) is 1.18. The van der Waals surface area contributed by atoms with Crippen molar-refractivity contribution >= 4 is 27.7 Å². The summed E-state index contributed by atoms with van der Waals surface area (Å²) in [6.45, 7) is 1.35. The molecule has 1 aromatic rings. The number of aromatic nitrogens is 1. The minimum Gasteiger partial charge on any atom is -0.711 e. The van der Waals surface area contributed by atoms with Gasteiger partial charge in [-0.2, -0.15) is 0 Å². The van der Waals surface area contributed by atoms with E-state index in [-0.39, 0.29) is 11.7 Å². The zero-order valence-corrected chi connectivity index (χ0v) is 7.96. The Labute approximate surface area is 77.9 Å². The van der Waals surface area contributed by atoms with Gasteiger partial charge in [0.1, 0.15) is 6.20 Å². The van der Waals surface area contributed by atoms with Crippen molar-refractivity contribution in [3.63, 3.8) is 0 Å². The van der Waals surface area contributed by atoms with Crippen LogP contribution in [0.1, 0.15) is 6.92 Å². The van der Waals surface area contributed by atoms with E-state index < -0.39 is 0 Å². The van der Waals surface area contributed by atoms with Gasteiger partial charge in [-0.3, -0.25) is 0 Å². The third kappa shape index (κ3) is 2.20. The van der Waals surface area contributed by atoms with Crippen molar-refractivity contribution < 1.29 is 9.52 Å². The molecule has 0 atom stereocenters. The molecule has 1 amide bonds. The Morgan fingerprint density at radius 1 is 1.67 bits per heavy atom. The normalized spacial score (nSPS) is 9.50. The molecule has 0 bridgehead atoms. The molecule has 64 valence electrons. The number of hydrogen-bond acceptors (Lipinski definition) is 2. The predicted molar refractivity (Wildman–Crippen MR) is 47.4 cm³/mol. The molecule has 0 spiro atoms. The van der Waals surface area contributed by atoms with Crippen molar-refractivity contribution in [2.24, 2.45) is 0 Å².